The van der Waals surface area contributed by atoms with Crippen LogP contribution in [0.1, 0.15) is 25.3 Å². The largest absolute Gasteiger partial charge is 0.299 e. The highest BCUT2D eigenvalue weighted by molar-refractivity contribution is 5.85. The summed E-state index contributed by atoms with van der Waals surface area (Å²) in [5.74, 6) is 0.358. The van der Waals surface area contributed by atoms with E-state index < -0.39 is 0 Å². The Bertz CT molecular complexity index is 309. The second kappa shape index (κ2) is 2.99. The Kier molecular flexibility index (Phi) is 1.95. The normalized spacial score (nSPS) is 18.2. The zero-order chi connectivity index (χ0) is 9.31. The molecule has 2 rings (SSSR count). The third-order valence-corrected chi connectivity index (χ3v) is 2.99. The van der Waals surface area contributed by atoms with Gasteiger partial charge in [-0.3, -0.25) is 4.79 Å². The van der Waals surface area contributed by atoms with Crippen LogP contribution in [0.5, 0.6) is 0 Å². The van der Waals surface area contributed by atoms with Crippen molar-refractivity contribution in [2.45, 2.75) is 26.2 Å². The lowest BCUT2D eigenvalue weighted by molar-refractivity contribution is -0.121. The van der Waals surface area contributed by atoms with Crippen LogP contribution in [0, 0.1) is 5.41 Å². The standard InChI is InChI=1S/C12H14O/c1-10(13)12(7-8-12)9-11-5-3-2-4-6-11/h2-6H,7-9H2,1H3. The second-order valence-electron chi connectivity index (χ2n) is 4.00. The minimum absolute atomic E-state index is 0.0152. The van der Waals surface area contributed by atoms with Gasteiger partial charge in [-0.25, -0.2) is 0 Å². The van der Waals surface area contributed by atoms with Crippen LogP contribution in [0.15, 0.2) is 30.3 Å². The molecule has 0 radical (unpaired) electrons. The van der Waals surface area contributed by atoms with Gasteiger partial charge >= 0.3 is 0 Å². The summed E-state index contributed by atoms with van der Waals surface area (Å²) in [6.45, 7) is 1.72. The summed E-state index contributed by atoms with van der Waals surface area (Å²) in [6.07, 6.45) is 3.09. The van der Waals surface area contributed by atoms with E-state index in [0.717, 1.165) is 19.3 Å². The average molecular weight is 174 g/mol. The number of hydrogen-bond donors (Lipinski definition) is 0. The first-order valence-corrected chi connectivity index (χ1v) is 4.78. The van der Waals surface area contributed by atoms with Gasteiger partial charge in [0.05, 0.1) is 0 Å². The molecule has 0 atom stereocenters. The highest BCUT2D eigenvalue weighted by atomic mass is 16.1. The lowest BCUT2D eigenvalue weighted by Crippen LogP contribution is -2.14. The molecule has 0 saturated heterocycles. The van der Waals surface area contributed by atoms with Crippen molar-refractivity contribution >= 4 is 5.78 Å². The number of ketones is 1. The van der Waals surface area contributed by atoms with Gasteiger partial charge in [0.15, 0.2) is 0 Å². The molecular formula is C12H14O. The fourth-order valence-electron chi connectivity index (χ4n) is 1.79. The first-order valence-electron chi connectivity index (χ1n) is 4.78. The summed E-state index contributed by atoms with van der Waals surface area (Å²) >= 11 is 0. The third kappa shape index (κ3) is 1.64. The number of rotatable bonds is 3. The van der Waals surface area contributed by atoms with Gasteiger partial charge in [0.1, 0.15) is 5.78 Å². The fourth-order valence-corrected chi connectivity index (χ4v) is 1.79. The zero-order valence-electron chi connectivity index (χ0n) is 7.92. The smallest absolute Gasteiger partial charge is 0.136 e. The molecule has 68 valence electrons. The van der Waals surface area contributed by atoms with Gasteiger partial charge in [-0.1, -0.05) is 30.3 Å². The maximum atomic E-state index is 11.3. The molecule has 0 amide bonds. The Morgan fingerprint density at radius 2 is 1.92 bits per heavy atom. The van der Waals surface area contributed by atoms with Crippen LogP contribution in [0.4, 0.5) is 0 Å². The van der Waals surface area contributed by atoms with Gasteiger partial charge in [-0.15, -0.1) is 0 Å². The number of hydrogen-bond acceptors (Lipinski definition) is 1. The van der Waals surface area contributed by atoms with Crippen LogP contribution >= 0.6 is 0 Å². The average Bonchev–Trinajstić information content (AvgIpc) is 2.87. The molecular weight excluding hydrogens is 160 g/mol. The van der Waals surface area contributed by atoms with Crippen LogP contribution in [-0.4, -0.2) is 5.78 Å². The number of carbonyl (C=O) groups is 1. The van der Waals surface area contributed by atoms with Gasteiger partial charge < -0.3 is 0 Å². The molecule has 0 aliphatic heterocycles. The SMILES string of the molecule is CC(=O)C1(Cc2ccccc2)CC1. The van der Waals surface area contributed by atoms with E-state index >= 15 is 0 Å². The molecule has 0 bridgehead atoms. The van der Waals surface area contributed by atoms with E-state index in [1.165, 1.54) is 5.56 Å². The van der Waals surface area contributed by atoms with Crippen LogP contribution in [0.25, 0.3) is 0 Å². The van der Waals surface area contributed by atoms with Crippen LogP contribution in [0.2, 0.25) is 0 Å². The lowest BCUT2D eigenvalue weighted by Gasteiger charge is -2.10. The minimum Gasteiger partial charge on any atom is -0.299 e. The van der Waals surface area contributed by atoms with Crippen LogP contribution < -0.4 is 0 Å². The van der Waals surface area contributed by atoms with Crippen LogP contribution in [-0.2, 0) is 11.2 Å². The summed E-state index contributed by atoms with van der Waals surface area (Å²) in [7, 11) is 0. The van der Waals surface area contributed by atoms with Crippen molar-refractivity contribution in [1.29, 1.82) is 0 Å². The molecule has 1 aliphatic carbocycles. The maximum absolute atomic E-state index is 11.3. The van der Waals surface area contributed by atoms with E-state index in [9.17, 15) is 4.79 Å². The molecule has 0 heterocycles. The predicted molar refractivity (Wildman–Crippen MR) is 52.5 cm³/mol. The van der Waals surface area contributed by atoms with E-state index in [0.29, 0.717) is 5.78 Å². The van der Waals surface area contributed by atoms with Gasteiger partial charge in [-0.05, 0) is 31.7 Å². The van der Waals surface area contributed by atoms with Crippen molar-refractivity contribution in [2.75, 3.05) is 0 Å². The Labute approximate surface area is 78.8 Å². The summed E-state index contributed by atoms with van der Waals surface area (Å²) < 4.78 is 0. The van der Waals surface area contributed by atoms with Crippen LogP contribution in [0.3, 0.4) is 0 Å². The first kappa shape index (κ1) is 8.49. The highest BCUT2D eigenvalue weighted by Crippen LogP contribution is 2.49. The van der Waals surface area contributed by atoms with Crippen molar-refractivity contribution in [3.63, 3.8) is 0 Å². The summed E-state index contributed by atoms with van der Waals surface area (Å²) in [4.78, 5) is 11.3. The van der Waals surface area contributed by atoms with Crippen molar-refractivity contribution in [2.24, 2.45) is 5.41 Å². The van der Waals surface area contributed by atoms with Crippen molar-refractivity contribution in [1.82, 2.24) is 0 Å². The molecule has 1 saturated carbocycles. The van der Waals surface area contributed by atoms with E-state index in [4.69, 9.17) is 0 Å². The summed E-state index contributed by atoms with van der Waals surface area (Å²) in [6, 6.07) is 10.3. The van der Waals surface area contributed by atoms with Gasteiger partial charge in [-0.2, -0.15) is 0 Å². The van der Waals surface area contributed by atoms with Gasteiger partial charge in [0.2, 0.25) is 0 Å². The Morgan fingerprint density at radius 1 is 1.31 bits per heavy atom. The topological polar surface area (TPSA) is 17.1 Å². The molecule has 0 unspecified atom stereocenters. The van der Waals surface area contributed by atoms with Crippen molar-refractivity contribution in [3.05, 3.63) is 35.9 Å². The molecule has 1 aliphatic rings. The van der Waals surface area contributed by atoms with E-state index in [2.05, 4.69) is 12.1 Å². The molecule has 0 spiro atoms. The monoisotopic (exact) mass is 174 g/mol. The summed E-state index contributed by atoms with van der Waals surface area (Å²) in [5, 5.41) is 0. The molecule has 0 N–H and O–H groups in total. The number of carbonyl (C=O) groups excluding carboxylic acids is 1. The molecule has 1 fully saturated rings. The Balaban J connectivity index is 2.11. The number of Topliss-reactive ketones (excluding diaryl/α,β-unsaturated/α-hetero) is 1. The molecule has 1 nitrogen and oxygen atoms in total. The quantitative estimate of drug-likeness (QED) is 0.688. The fraction of sp³-hybridized carbons (Fsp3) is 0.417. The van der Waals surface area contributed by atoms with Gasteiger partial charge in [0, 0.05) is 5.41 Å². The number of benzene rings is 1. The predicted octanol–water partition coefficient (Wildman–Crippen LogP) is 2.60. The van der Waals surface area contributed by atoms with Crippen molar-refractivity contribution < 1.29 is 4.79 Å². The molecule has 13 heavy (non-hydrogen) atoms. The first-order chi connectivity index (χ1) is 6.23. The van der Waals surface area contributed by atoms with E-state index in [1.54, 1.807) is 6.92 Å². The maximum Gasteiger partial charge on any atom is 0.136 e. The van der Waals surface area contributed by atoms with E-state index in [1.807, 2.05) is 18.2 Å². The molecule has 1 aromatic carbocycles. The second-order valence-corrected chi connectivity index (χ2v) is 4.00. The van der Waals surface area contributed by atoms with Crippen molar-refractivity contribution in [3.8, 4) is 0 Å². The minimum atomic E-state index is 0.0152. The molecule has 1 heteroatoms. The van der Waals surface area contributed by atoms with Gasteiger partial charge in [0.25, 0.3) is 0 Å². The third-order valence-electron chi connectivity index (χ3n) is 2.99. The van der Waals surface area contributed by atoms with E-state index in [-0.39, 0.29) is 5.41 Å². The Hall–Kier alpha value is -1.11. The molecule has 1 aromatic rings. The lowest BCUT2D eigenvalue weighted by atomic mass is 9.93. The molecule has 0 aromatic heterocycles. The Morgan fingerprint density at radius 3 is 2.38 bits per heavy atom. The highest BCUT2D eigenvalue weighted by Gasteiger charge is 2.46. The summed E-state index contributed by atoms with van der Waals surface area (Å²) in [5.41, 5.74) is 1.30. The zero-order valence-corrected chi connectivity index (χ0v) is 7.92.